The Labute approximate surface area is 113 Å². The van der Waals surface area contributed by atoms with Crippen molar-refractivity contribution < 1.29 is 23.8 Å². The van der Waals surface area contributed by atoms with E-state index < -0.39 is 12.1 Å². The van der Waals surface area contributed by atoms with Crippen molar-refractivity contribution in [2.45, 2.75) is 6.10 Å². The Morgan fingerprint density at radius 3 is 2.90 bits per heavy atom. The molecule has 3 rings (SSSR count). The molecule has 2 aromatic rings. The lowest BCUT2D eigenvalue weighted by atomic mass is 10.2. The third kappa shape index (κ3) is 2.46. The van der Waals surface area contributed by atoms with Gasteiger partial charge in [0.15, 0.2) is 11.5 Å². The normalized spacial score (nSPS) is 17.3. The monoisotopic (exact) mass is 274 g/mol. The van der Waals surface area contributed by atoms with Gasteiger partial charge in [0.25, 0.3) is 5.89 Å². The predicted octanol–water partition coefficient (Wildman–Crippen LogP) is 1.68. The fourth-order valence-corrected chi connectivity index (χ4v) is 1.73. The van der Waals surface area contributed by atoms with Gasteiger partial charge < -0.3 is 19.0 Å². The van der Waals surface area contributed by atoms with Crippen LogP contribution in [0.25, 0.3) is 6.08 Å². The highest BCUT2D eigenvalue weighted by Crippen LogP contribution is 2.35. The molecule has 1 aromatic carbocycles. The van der Waals surface area contributed by atoms with Crippen LogP contribution in [0.4, 0.5) is 0 Å². The number of benzene rings is 1. The zero-order valence-electron chi connectivity index (χ0n) is 10.2. The molecule has 7 nitrogen and oxygen atoms in total. The maximum atomic E-state index is 10.4. The summed E-state index contributed by atoms with van der Waals surface area (Å²) in [6.45, 7) is 0.251. The van der Waals surface area contributed by atoms with Gasteiger partial charge in [-0.15, -0.1) is 10.2 Å². The molecule has 1 aliphatic rings. The number of aromatic nitrogens is 2. The zero-order chi connectivity index (χ0) is 13.9. The van der Waals surface area contributed by atoms with Gasteiger partial charge in [-0.2, -0.15) is 0 Å². The second kappa shape index (κ2) is 5.04. The van der Waals surface area contributed by atoms with Crippen LogP contribution >= 0.6 is 0 Å². The molecule has 0 fully saturated rings. The van der Waals surface area contributed by atoms with E-state index in [4.69, 9.17) is 19.0 Å². The predicted molar refractivity (Wildman–Crippen MR) is 66.3 cm³/mol. The standard InChI is InChI=1S/C13H10N2O5/c16-12(17)6-5-11-14-15-13(20-11)10-7-18-8-3-1-2-4-9(8)19-10/h1-6,10H,7H2,(H,16,17)/b6-5+. The van der Waals surface area contributed by atoms with Crippen LogP contribution < -0.4 is 9.47 Å². The highest BCUT2D eigenvalue weighted by molar-refractivity contribution is 5.84. The van der Waals surface area contributed by atoms with E-state index >= 15 is 0 Å². The summed E-state index contributed by atoms with van der Waals surface area (Å²) in [4.78, 5) is 10.4. The molecule has 102 valence electrons. The SMILES string of the molecule is O=C(O)/C=C/c1nnc(C2COc3ccccc3O2)o1. The molecular weight excluding hydrogens is 264 g/mol. The molecule has 0 aliphatic carbocycles. The Morgan fingerprint density at radius 2 is 2.10 bits per heavy atom. The number of carbonyl (C=O) groups is 1. The largest absolute Gasteiger partial charge is 0.485 e. The van der Waals surface area contributed by atoms with E-state index in [0.717, 1.165) is 6.08 Å². The van der Waals surface area contributed by atoms with Gasteiger partial charge in [-0.25, -0.2) is 4.79 Å². The van der Waals surface area contributed by atoms with E-state index in [1.807, 2.05) is 12.1 Å². The number of ether oxygens (including phenoxy) is 2. The average Bonchev–Trinajstić information content (AvgIpc) is 2.93. The van der Waals surface area contributed by atoms with Crippen molar-refractivity contribution in [1.82, 2.24) is 10.2 Å². The summed E-state index contributed by atoms with van der Waals surface area (Å²) in [7, 11) is 0. The molecule has 0 saturated heterocycles. The van der Waals surface area contributed by atoms with Crippen LogP contribution in [0.5, 0.6) is 11.5 Å². The van der Waals surface area contributed by atoms with Crippen molar-refractivity contribution in [2.24, 2.45) is 0 Å². The topological polar surface area (TPSA) is 94.7 Å². The molecule has 1 unspecified atom stereocenters. The number of carboxylic acid groups (broad SMARTS) is 1. The van der Waals surface area contributed by atoms with Crippen LogP contribution in [-0.2, 0) is 4.79 Å². The van der Waals surface area contributed by atoms with Gasteiger partial charge in [-0.3, -0.25) is 0 Å². The molecule has 1 N–H and O–H groups in total. The van der Waals surface area contributed by atoms with E-state index in [2.05, 4.69) is 10.2 Å². The van der Waals surface area contributed by atoms with Crippen molar-refractivity contribution in [1.29, 1.82) is 0 Å². The summed E-state index contributed by atoms with van der Waals surface area (Å²) in [5.74, 6) is 0.518. The molecule has 0 radical (unpaired) electrons. The quantitative estimate of drug-likeness (QED) is 0.851. The Hall–Kier alpha value is -2.83. The summed E-state index contributed by atoms with van der Waals surface area (Å²) >= 11 is 0. The molecule has 0 amide bonds. The van der Waals surface area contributed by atoms with E-state index in [1.54, 1.807) is 12.1 Å². The van der Waals surface area contributed by atoms with Gasteiger partial charge in [0.1, 0.15) is 6.61 Å². The van der Waals surface area contributed by atoms with E-state index in [9.17, 15) is 4.79 Å². The Bertz CT molecular complexity index is 664. The second-order valence-corrected chi connectivity index (χ2v) is 4.01. The fourth-order valence-electron chi connectivity index (χ4n) is 1.73. The highest BCUT2D eigenvalue weighted by Gasteiger charge is 2.26. The van der Waals surface area contributed by atoms with E-state index in [0.29, 0.717) is 11.5 Å². The number of hydrogen-bond acceptors (Lipinski definition) is 6. The Balaban J connectivity index is 1.77. The smallest absolute Gasteiger partial charge is 0.328 e. The number of nitrogens with zero attached hydrogens (tertiary/aromatic N) is 2. The number of fused-ring (bicyclic) bond motifs is 1. The van der Waals surface area contributed by atoms with Gasteiger partial charge >= 0.3 is 5.97 Å². The molecule has 1 aromatic heterocycles. The summed E-state index contributed by atoms with van der Waals surface area (Å²) in [5, 5.41) is 16.1. The summed E-state index contributed by atoms with van der Waals surface area (Å²) in [5.41, 5.74) is 0. The Kier molecular flexibility index (Phi) is 3.08. The number of para-hydroxylation sites is 2. The maximum absolute atomic E-state index is 10.4. The fraction of sp³-hybridized carbons (Fsp3) is 0.154. The van der Waals surface area contributed by atoms with Crippen molar-refractivity contribution >= 4 is 12.0 Å². The first-order valence-electron chi connectivity index (χ1n) is 5.85. The molecule has 7 heteroatoms. The lowest BCUT2D eigenvalue weighted by Gasteiger charge is -2.23. The third-order valence-corrected chi connectivity index (χ3v) is 2.61. The van der Waals surface area contributed by atoms with Crippen LogP contribution in [0.2, 0.25) is 0 Å². The second-order valence-electron chi connectivity index (χ2n) is 4.01. The lowest BCUT2D eigenvalue weighted by molar-refractivity contribution is -0.131. The minimum atomic E-state index is -1.09. The van der Waals surface area contributed by atoms with Gasteiger partial charge in [0.2, 0.25) is 12.0 Å². The van der Waals surface area contributed by atoms with Crippen LogP contribution in [0.15, 0.2) is 34.8 Å². The van der Waals surface area contributed by atoms with Crippen molar-refractivity contribution in [3.05, 3.63) is 42.1 Å². The summed E-state index contributed by atoms with van der Waals surface area (Å²) in [6, 6.07) is 7.27. The molecule has 0 bridgehead atoms. The van der Waals surface area contributed by atoms with Crippen LogP contribution in [0.3, 0.4) is 0 Å². The highest BCUT2D eigenvalue weighted by atomic mass is 16.6. The first-order valence-corrected chi connectivity index (χ1v) is 5.85. The lowest BCUT2D eigenvalue weighted by Crippen LogP contribution is -2.21. The molecular formula is C13H10N2O5. The van der Waals surface area contributed by atoms with Crippen LogP contribution in [0.1, 0.15) is 17.9 Å². The summed E-state index contributed by atoms with van der Waals surface area (Å²) < 4.78 is 16.5. The number of carboxylic acids is 1. The van der Waals surface area contributed by atoms with Gasteiger partial charge in [-0.05, 0) is 12.1 Å². The maximum Gasteiger partial charge on any atom is 0.328 e. The molecule has 20 heavy (non-hydrogen) atoms. The molecule has 1 aliphatic heterocycles. The molecule has 0 saturated carbocycles. The molecule has 0 spiro atoms. The minimum absolute atomic E-state index is 0.102. The van der Waals surface area contributed by atoms with E-state index in [1.165, 1.54) is 6.08 Å². The van der Waals surface area contributed by atoms with Crippen molar-refractivity contribution in [3.63, 3.8) is 0 Å². The number of hydrogen-bond donors (Lipinski definition) is 1. The first-order chi connectivity index (χ1) is 9.72. The van der Waals surface area contributed by atoms with E-state index in [-0.39, 0.29) is 18.4 Å². The third-order valence-electron chi connectivity index (χ3n) is 2.61. The van der Waals surface area contributed by atoms with Crippen LogP contribution in [0, 0.1) is 0 Å². The minimum Gasteiger partial charge on any atom is -0.485 e. The molecule has 2 heterocycles. The van der Waals surface area contributed by atoms with Gasteiger partial charge in [-0.1, -0.05) is 12.1 Å². The average molecular weight is 274 g/mol. The molecule has 1 atom stereocenters. The zero-order valence-corrected chi connectivity index (χ0v) is 10.2. The van der Waals surface area contributed by atoms with Gasteiger partial charge in [0, 0.05) is 12.2 Å². The number of aliphatic carboxylic acids is 1. The van der Waals surface area contributed by atoms with Gasteiger partial charge in [0.05, 0.1) is 0 Å². The number of rotatable bonds is 3. The van der Waals surface area contributed by atoms with Crippen molar-refractivity contribution in [2.75, 3.05) is 6.61 Å². The van der Waals surface area contributed by atoms with Crippen molar-refractivity contribution in [3.8, 4) is 11.5 Å². The Morgan fingerprint density at radius 1 is 1.30 bits per heavy atom. The van der Waals surface area contributed by atoms with Crippen LogP contribution in [-0.4, -0.2) is 27.9 Å². The first kappa shape index (κ1) is 12.2. The summed E-state index contributed by atoms with van der Waals surface area (Å²) in [6.07, 6.45) is 1.63.